The average Bonchev–Trinajstić information content (AvgIpc) is 3.22. The molecule has 3 aromatic rings. The van der Waals surface area contributed by atoms with E-state index in [0.29, 0.717) is 21.6 Å². The van der Waals surface area contributed by atoms with Crippen LogP contribution in [-0.2, 0) is 11.2 Å². The van der Waals surface area contributed by atoms with Crippen molar-refractivity contribution in [2.75, 3.05) is 18.5 Å². The number of benzene rings is 1. The molecule has 5 nitrogen and oxygen atoms in total. The number of hydrogen-bond donors (Lipinski definition) is 1. The minimum atomic E-state index is -0.360. The third-order valence-corrected chi connectivity index (χ3v) is 6.03. The van der Waals surface area contributed by atoms with E-state index in [1.807, 2.05) is 6.20 Å². The van der Waals surface area contributed by atoms with Gasteiger partial charge in [-0.05, 0) is 37.3 Å². The summed E-state index contributed by atoms with van der Waals surface area (Å²) in [5.41, 5.74) is 0.493. The van der Waals surface area contributed by atoms with Gasteiger partial charge in [-0.15, -0.1) is 22.7 Å². The molecule has 1 atom stereocenters. The Balaban J connectivity index is 1.43. The number of aromatic nitrogens is 2. The Bertz CT molecular complexity index is 902. The molecule has 0 radical (unpaired) electrons. The van der Waals surface area contributed by atoms with E-state index in [4.69, 9.17) is 4.74 Å². The lowest BCUT2D eigenvalue weighted by Gasteiger charge is -2.20. The van der Waals surface area contributed by atoms with Crippen molar-refractivity contribution in [1.29, 1.82) is 0 Å². The maximum absolute atomic E-state index is 13.2. The summed E-state index contributed by atoms with van der Waals surface area (Å²) in [6.45, 7) is 1.65. The predicted octanol–water partition coefficient (Wildman–Crippen LogP) is 4.11. The first-order valence-electron chi connectivity index (χ1n) is 8.07. The minimum Gasteiger partial charge on any atom is -0.381 e. The van der Waals surface area contributed by atoms with E-state index < -0.39 is 0 Å². The summed E-state index contributed by atoms with van der Waals surface area (Å²) in [5, 5.41) is 3.64. The monoisotopic (exact) mass is 377 g/mol. The SMILES string of the molecule is O=C(Nc1ncc(CC2CCCOC2)s1)c1nc2cc(F)ccc2s1. The molecule has 1 amide bonds. The number of amides is 1. The first-order chi connectivity index (χ1) is 12.2. The van der Waals surface area contributed by atoms with Gasteiger partial charge in [-0.1, -0.05) is 0 Å². The molecule has 2 aromatic heterocycles. The van der Waals surface area contributed by atoms with Gasteiger partial charge in [0.25, 0.3) is 5.91 Å². The van der Waals surface area contributed by atoms with Crippen LogP contribution in [0, 0.1) is 11.7 Å². The Morgan fingerprint density at radius 3 is 3.16 bits per heavy atom. The average molecular weight is 377 g/mol. The van der Waals surface area contributed by atoms with Crippen LogP contribution in [0.4, 0.5) is 9.52 Å². The Morgan fingerprint density at radius 1 is 1.40 bits per heavy atom. The second kappa shape index (κ2) is 7.15. The molecule has 4 rings (SSSR count). The van der Waals surface area contributed by atoms with E-state index in [1.165, 1.54) is 41.2 Å². The molecule has 0 spiro atoms. The van der Waals surface area contributed by atoms with E-state index in [9.17, 15) is 9.18 Å². The third kappa shape index (κ3) is 3.86. The highest BCUT2D eigenvalue weighted by atomic mass is 32.1. The molecule has 1 aliphatic heterocycles. The maximum Gasteiger partial charge on any atom is 0.286 e. The lowest BCUT2D eigenvalue weighted by atomic mass is 9.98. The number of halogens is 1. The Morgan fingerprint density at radius 2 is 2.32 bits per heavy atom. The zero-order valence-corrected chi connectivity index (χ0v) is 15.0. The quantitative estimate of drug-likeness (QED) is 0.743. The molecular weight excluding hydrogens is 361 g/mol. The molecule has 0 bridgehead atoms. The van der Waals surface area contributed by atoms with Gasteiger partial charge in [-0.3, -0.25) is 10.1 Å². The van der Waals surface area contributed by atoms with Gasteiger partial charge in [0.1, 0.15) is 5.82 Å². The fraction of sp³-hybridized carbons (Fsp3) is 0.353. The van der Waals surface area contributed by atoms with Crippen LogP contribution in [0.2, 0.25) is 0 Å². The summed E-state index contributed by atoms with van der Waals surface area (Å²) in [4.78, 5) is 22.0. The van der Waals surface area contributed by atoms with Crippen LogP contribution in [0.15, 0.2) is 24.4 Å². The van der Waals surface area contributed by atoms with Crippen molar-refractivity contribution in [3.63, 3.8) is 0 Å². The van der Waals surface area contributed by atoms with Crippen molar-refractivity contribution in [3.8, 4) is 0 Å². The number of thiazole rings is 2. The summed E-state index contributed by atoms with van der Waals surface area (Å²) in [5.74, 6) is -0.151. The van der Waals surface area contributed by atoms with Gasteiger partial charge in [0.15, 0.2) is 10.1 Å². The molecule has 1 N–H and O–H groups in total. The van der Waals surface area contributed by atoms with Crippen LogP contribution in [-0.4, -0.2) is 29.1 Å². The molecule has 3 heterocycles. The lowest BCUT2D eigenvalue weighted by molar-refractivity contribution is 0.0553. The molecule has 0 saturated carbocycles. The topological polar surface area (TPSA) is 64.1 Å². The molecule has 0 aliphatic carbocycles. The summed E-state index contributed by atoms with van der Waals surface area (Å²) >= 11 is 2.72. The minimum absolute atomic E-state index is 0.304. The largest absolute Gasteiger partial charge is 0.381 e. The van der Waals surface area contributed by atoms with E-state index in [-0.39, 0.29) is 11.7 Å². The highest BCUT2D eigenvalue weighted by Gasteiger charge is 2.18. The molecule has 8 heteroatoms. The van der Waals surface area contributed by atoms with E-state index >= 15 is 0 Å². The molecule has 1 fully saturated rings. The first kappa shape index (κ1) is 16.6. The summed E-state index contributed by atoms with van der Waals surface area (Å²) in [6, 6.07) is 4.33. The number of rotatable bonds is 4. The number of nitrogens with zero attached hydrogens (tertiary/aromatic N) is 2. The highest BCUT2D eigenvalue weighted by Crippen LogP contribution is 2.27. The number of anilines is 1. The zero-order chi connectivity index (χ0) is 17.2. The number of carbonyl (C=O) groups is 1. The third-order valence-electron chi connectivity index (χ3n) is 4.06. The van der Waals surface area contributed by atoms with Crippen LogP contribution < -0.4 is 5.32 Å². The number of carbonyl (C=O) groups excluding carboxylic acids is 1. The number of nitrogens with one attached hydrogen (secondary N) is 1. The summed E-state index contributed by atoms with van der Waals surface area (Å²) in [7, 11) is 0. The second-order valence-corrected chi connectivity index (χ2v) is 8.15. The van der Waals surface area contributed by atoms with Crippen LogP contribution in [0.5, 0.6) is 0 Å². The molecule has 1 unspecified atom stereocenters. The lowest BCUT2D eigenvalue weighted by Crippen LogP contribution is -2.18. The van der Waals surface area contributed by atoms with E-state index in [1.54, 1.807) is 6.07 Å². The van der Waals surface area contributed by atoms with Crippen molar-refractivity contribution in [3.05, 3.63) is 40.1 Å². The maximum atomic E-state index is 13.2. The molecule has 1 saturated heterocycles. The van der Waals surface area contributed by atoms with Crippen LogP contribution in [0.25, 0.3) is 10.2 Å². The fourth-order valence-electron chi connectivity index (χ4n) is 2.86. The number of ether oxygens (including phenoxy) is 1. The number of fused-ring (bicyclic) bond motifs is 1. The van der Waals surface area contributed by atoms with Crippen molar-refractivity contribution >= 4 is 43.9 Å². The summed E-state index contributed by atoms with van der Waals surface area (Å²) < 4.78 is 19.5. The van der Waals surface area contributed by atoms with Gasteiger partial charge in [-0.2, -0.15) is 0 Å². The Hall–Kier alpha value is -1.90. The first-order valence-corrected chi connectivity index (χ1v) is 9.70. The van der Waals surface area contributed by atoms with Gasteiger partial charge >= 0.3 is 0 Å². The standard InChI is InChI=1S/C17H16FN3O2S2/c18-11-3-4-14-13(7-11)20-16(25-14)15(22)21-17-19-8-12(24-17)6-10-2-1-5-23-9-10/h3-4,7-8,10H,1-2,5-6,9H2,(H,19,21,22). The van der Waals surface area contributed by atoms with Crippen LogP contribution >= 0.6 is 22.7 Å². The predicted molar refractivity (Wildman–Crippen MR) is 96.9 cm³/mol. The van der Waals surface area contributed by atoms with E-state index in [2.05, 4.69) is 15.3 Å². The molecule has 1 aromatic carbocycles. The molecular formula is C17H16FN3O2S2. The Labute approximate surface area is 151 Å². The molecule has 130 valence electrons. The van der Waals surface area contributed by atoms with Gasteiger partial charge in [0.05, 0.1) is 10.2 Å². The smallest absolute Gasteiger partial charge is 0.286 e. The molecule has 25 heavy (non-hydrogen) atoms. The van der Waals surface area contributed by atoms with Gasteiger partial charge in [0.2, 0.25) is 0 Å². The van der Waals surface area contributed by atoms with Crippen LogP contribution in [0.3, 0.4) is 0 Å². The van der Waals surface area contributed by atoms with E-state index in [0.717, 1.165) is 35.6 Å². The second-order valence-electron chi connectivity index (χ2n) is 6.00. The number of hydrogen-bond acceptors (Lipinski definition) is 6. The van der Waals surface area contributed by atoms with Gasteiger partial charge < -0.3 is 4.74 Å². The Kier molecular flexibility index (Phi) is 4.74. The normalized spacial score (nSPS) is 17.7. The van der Waals surface area contributed by atoms with Gasteiger partial charge in [-0.25, -0.2) is 14.4 Å². The molecule has 1 aliphatic rings. The van der Waals surface area contributed by atoms with Crippen molar-refractivity contribution < 1.29 is 13.9 Å². The summed E-state index contributed by atoms with van der Waals surface area (Å²) in [6.07, 6.45) is 5.00. The highest BCUT2D eigenvalue weighted by molar-refractivity contribution is 7.20. The zero-order valence-electron chi connectivity index (χ0n) is 13.3. The van der Waals surface area contributed by atoms with Crippen molar-refractivity contribution in [1.82, 2.24) is 9.97 Å². The van der Waals surface area contributed by atoms with Crippen molar-refractivity contribution in [2.24, 2.45) is 5.92 Å². The van der Waals surface area contributed by atoms with Crippen molar-refractivity contribution in [2.45, 2.75) is 19.3 Å². The fourth-order valence-corrected chi connectivity index (χ4v) is 4.62. The van der Waals surface area contributed by atoms with Crippen LogP contribution in [0.1, 0.15) is 27.5 Å². The van der Waals surface area contributed by atoms with Gasteiger partial charge in [0, 0.05) is 30.4 Å².